The van der Waals surface area contributed by atoms with Crippen molar-refractivity contribution in [3.8, 4) is 0 Å². The second-order valence-corrected chi connectivity index (χ2v) is 11.0. The first kappa shape index (κ1) is 25.1. The minimum absolute atomic E-state index is 0.156. The molecule has 1 aromatic heterocycles. The molecule has 2 N–H and O–H groups in total. The molecule has 190 valence electrons. The molecule has 2 aliphatic rings. The third-order valence-electron chi connectivity index (χ3n) is 7.06. The van der Waals surface area contributed by atoms with E-state index in [0.29, 0.717) is 40.6 Å². The van der Waals surface area contributed by atoms with Gasteiger partial charge < -0.3 is 19.8 Å². The molecule has 9 heteroatoms. The molecule has 7 nitrogen and oxygen atoms in total. The van der Waals surface area contributed by atoms with Crippen LogP contribution in [0.5, 0.6) is 0 Å². The number of aryl methyl sites for hydroxylation is 2. The van der Waals surface area contributed by atoms with Gasteiger partial charge in [0.25, 0.3) is 0 Å². The van der Waals surface area contributed by atoms with E-state index in [0.717, 1.165) is 11.1 Å². The van der Waals surface area contributed by atoms with Crippen LogP contribution in [-0.2, 0) is 18.4 Å². The molecular weight excluding hydrogens is 489 g/mol. The lowest BCUT2D eigenvalue weighted by molar-refractivity contribution is 0.0760. The van der Waals surface area contributed by atoms with Crippen LogP contribution in [0, 0.1) is 23.6 Å². The second kappa shape index (κ2) is 10.1. The first-order valence-electron chi connectivity index (χ1n) is 12.0. The first-order valence-corrected chi connectivity index (χ1v) is 13.1. The van der Waals surface area contributed by atoms with Crippen LogP contribution >= 0.6 is 0 Å². The van der Waals surface area contributed by atoms with Gasteiger partial charge in [0.15, 0.2) is 10.7 Å². The summed E-state index contributed by atoms with van der Waals surface area (Å²) < 4.78 is 30.5. The third kappa shape index (κ3) is 4.77. The summed E-state index contributed by atoms with van der Waals surface area (Å²) in [7, 11) is 1.78. The lowest BCUT2D eigenvalue weighted by Gasteiger charge is -2.44. The van der Waals surface area contributed by atoms with Gasteiger partial charge in [-0.15, -0.1) is 4.31 Å². The maximum atomic E-state index is 14.1. The molecular formula is C28H28FN5O2S. The Hall–Kier alpha value is -3.53. The van der Waals surface area contributed by atoms with Crippen molar-refractivity contribution in [3.05, 3.63) is 101 Å². The molecule has 2 unspecified atom stereocenters. The predicted molar refractivity (Wildman–Crippen MR) is 142 cm³/mol. The molecule has 0 saturated carbocycles. The number of fused-ring (bicyclic) bond motifs is 1. The van der Waals surface area contributed by atoms with Gasteiger partial charge in [0, 0.05) is 43.6 Å². The van der Waals surface area contributed by atoms with Crippen molar-refractivity contribution in [2.45, 2.75) is 24.7 Å². The zero-order chi connectivity index (χ0) is 26.2. The fourth-order valence-corrected chi connectivity index (χ4v) is 6.27. The number of imidazole rings is 1. The Kier molecular flexibility index (Phi) is 6.85. The van der Waals surface area contributed by atoms with Gasteiger partial charge in [-0.3, -0.25) is 4.79 Å². The number of anilines is 1. The van der Waals surface area contributed by atoms with Crippen molar-refractivity contribution >= 4 is 29.0 Å². The van der Waals surface area contributed by atoms with Crippen LogP contribution in [0.4, 0.5) is 10.1 Å². The number of ketones is 1. The number of aromatic nitrogens is 2. The van der Waals surface area contributed by atoms with Gasteiger partial charge in [0.1, 0.15) is 5.82 Å². The molecule has 0 radical (unpaired) electrons. The zero-order valence-electron chi connectivity index (χ0n) is 20.7. The quantitative estimate of drug-likeness (QED) is 0.266. The summed E-state index contributed by atoms with van der Waals surface area (Å²) in [6.45, 7) is 2.74. The molecule has 1 saturated heterocycles. The van der Waals surface area contributed by atoms with E-state index in [1.165, 1.54) is 18.3 Å². The molecule has 3 aromatic rings. The van der Waals surface area contributed by atoms with Crippen LogP contribution in [0.25, 0.3) is 0 Å². The number of nitrogens with one attached hydrogen (secondary N) is 2. The Morgan fingerprint density at radius 1 is 1.22 bits per heavy atom. The van der Waals surface area contributed by atoms with Crippen LogP contribution in [0.15, 0.2) is 88.7 Å². The van der Waals surface area contributed by atoms with E-state index in [1.54, 1.807) is 36.1 Å². The number of Topliss-reactive ketones (excluding diaryl/α,β-unsaturated/α-hetero) is 1. The van der Waals surface area contributed by atoms with E-state index in [9.17, 15) is 13.7 Å². The highest BCUT2D eigenvalue weighted by Gasteiger charge is 2.52. The van der Waals surface area contributed by atoms with Gasteiger partial charge in [-0.05, 0) is 67.8 Å². The predicted octanol–water partition coefficient (Wildman–Crippen LogP) is 4.81. The Labute approximate surface area is 218 Å². The van der Waals surface area contributed by atoms with Gasteiger partial charge in [0.2, 0.25) is 5.78 Å². The largest absolute Gasteiger partial charge is 0.593 e. The average molecular weight is 518 g/mol. The molecule has 0 amide bonds. The highest BCUT2D eigenvalue weighted by atomic mass is 32.2. The smallest absolute Gasteiger partial charge is 0.210 e. The van der Waals surface area contributed by atoms with Crippen LogP contribution in [-0.4, -0.2) is 43.5 Å². The first-order chi connectivity index (χ1) is 17.8. The fraction of sp³-hybridized carbons (Fsp3) is 0.250. The molecule has 2 heterocycles. The number of hydrogen-bond acceptors (Lipinski definition) is 6. The van der Waals surface area contributed by atoms with E-state index in [-0.39, 0.29) is 24.6 Å². The maximum Gasteiger partial charge on any atom is 0.210 e. The number of piperidine rings is 1. The topological polar surface area (TPSA) is 97.1 Å². The van der Waals surface area contributed by atoms with E-state index >= 15 is 0 Å². The van der Waals surface area contributed by atoms with Crippen molar-refractivity contribution in [2.24, 2.45) is 12.5 Å². The number of carbonyl (C=O) groups is 1. The zero-order valence-corrected chi connectivity index (χ0v) is 21.5. The molecule has 1 aliphatic heterocycles. The molecule has 5 rings (SSSR count). The highest BCUT2D eigenvalue weighted by Crippen LogP contribution is 2.47. The Morgan fingerprint density at radius 2 is 1.95 bits per heavy atom. The Bertz CT molecular complexity index is 1400. The summed E-state index contributed by atoms with van der Waals surface area (Å²) in [6.07, 6.45) is 7.31. The van der Waals surface area contributed by atoms with Crippen LogP contribution in [0.1, 0.15) is 29.0 Å². The maximum absolute atomic E-state index is 14.1. The number of hydrogen-bond donors (Lipinski definition) is 2. The monoisotopic (exact) mass is 517 g/mol. The van der Waals surface area contributed by atoms with Crippen molar-refractivity contribution in [1.82, 2.24) is 13.9 Å². The molecule has 2 atom stereocenters. The van der Waals surface area contributed by atoms with Crippen molar-refractivity contribution in [2.75, 3.05) is 18.4 Å². The normalized spacial score (nSPS) is 20.7. The average Bonchev–Trinajstić information content (AvgIpc) is 3.34. The van der Waals surface area contributed by atoms with E-state index < -0.39 is 16.8 Å². The summed E-state index contributed by atoms with van der Waals surface area (Å²) in [5.74, 6) is -0.160. The summed E-state index contributed by atoms with van der Waals surface area (Å²) in [4.78, 5) is 19.2. The number of allylic oxidation sites excluding steroid dienone is 2. The van der Waals surface area contributed by atoms with Gasteiger partial charge >= 0.3 is 0 Å². The number of halogens is 1. The molecule has 37 heavy (non-hydrogen) atoms. The molecule has 0 bridgehead atoms. The third-order valence-corrected chi connectivity index (χ3v) is 8.52. The van der Waals surface area contributed by atoms with Gasteiger partial charge in [-0.25, -0.2) is 9.37 Å². The van der Waals surface area contributed by atoms with Crippen LogP contribution < -0.4 is 5.32 Å². The van der Waals surface area contributed by atoms with Gasteiger partial charge in [-0.1, -0.05) is 23.3 Å². The summed E-state index contributed by atoms with van der Waals surface area (Å²) in [5.41, 5.74) is 3.01. The summed E-state index contributed by atoms with van der Waals surface area (Å²) >= 11 is -1.44. The van der Waals surface area contributed by atoms with Crippen LogP contribution in [0.3, 0.4) is 0 Å². The number of rotatable bonds is 7. The minimum atomic E-state index is -1.44. The standard InChI is InChI=1S/C28H28FN5O2S/c1-19-3-9-24(10-4-19)37(36)34-13-11-21-15-25(32-23-7-5-22(29)6-8-23)20(17-30)16-28(21,18-34)26(35)27-31-12-14-33(27)2/h3-10,12,14-15,17,30,32H,11,13,16,18H2,1-2H3. The fourth-order valence-electron chi connectivity index (χ4n) is 5.01. The summed E-state index contributed by atoms with van der Waals surface area (Å²) in [5, 5.41) is 11.4. The Balaban J connectivity index is 1.53. The van der Waals surface area contributed by atoms with Gasteiger partial charge in [0.05, 0.1) is 23.3 Å². The van der Waals surface area contributed by atoms with Crippen molar-refractivity contribution in [1.29, 1.82) is 5.41 Å². The summed E-state index contributed by atoms with van der Waals surface area (Å²) in [6, 6.07) is 13.6. The lowest BCUT2D eigenvalue weighted by atomic mass is 9.65. The molecule has 1 aliphatic carbocycles. The highest BCUT2D eigenvalue weighted by molar-refractivity contribution is 7.89. The second-order valence-electron chi connectivity index (χ2n) is 9.51. The minimum Gasteiger partial charge on any atom is -0.593 e. The van der Waals surface area contributed by atoms with Crippen LogP contribution in [0.2, 0.25) is 0 Å². The van der Waals surface area contributed by atoms with Gasteiger partial charge in [-0.2, -0.15) is 0 Å². The van der Waals surface area contributed by atoms with E-state index in [1.807, 2.05) is 41.6 Å². The van der Waals surface area contributed by atoms with Crippen molar-refractivity contribution < 1.29 is 13.7 Å². The SMILES string of the molecule is Cc1ccc([S+]([O-])N2CCC3=CC(Nc4ccc(F)cc4)=C(C=N)CC3(C(=O)c3nccn3C)C2)cc1. The Morgan fingerprint density at radius 3 is 2.59 bits per heavy atom. The number of nitrogens with zero attached hydrogens (tertiary/aromatic N) is 3. The van der Waals surface area contributed by atoms with E-state index in [2.05, 4.69) is 10.3 Å². The molecule has 2 aromatic carbocycles. The lowest BCUT2D eigenvalue weighted by Crippen LogP contribution is -2.52. The van der Waals surface area contributed by atoms with Crippen molar-refractivity contribution in [3.63, 3.8) is 0 Å². The molecule has 0 spiro atoms. The van der Waals surface area contributed by atoms with E-state index in [4.69, 9.17) is 5.41 Å². The number of benzene rings is 2. The number of carbonyl (C=O) groups excluding carboxylic acids is 1. The molecule has 1 fully saturated rings.